The number of carbonyl (C=O) groups excluding carboxylic acids is 2. The Morgan fingerprint density at radius 3 is 2.67 bits per heavy atom. The lowest BCUT2D eigenvalue weighted by atomic mass is 9.86. The number of fused-ring (bicyclic) bond motifs is 2. The maximum absolute atomic E-state index is 13.1. The molecule has 0 bridgehead atoms. The molecule has 1 aromatic carbocycles. The number of nitrogens with one attached hydrogen (secondary N) is 1. The van der Waals surface area contributed by atoms with E-state index in [0.29, 0.717) is 26.1 Å². The number of hydrogen-bond acceptors (Lipinski definition) is 5. The summed E-state index contributed by atoms with van der Waals surface area (Å²) in [6, 6.07) is 6.46. The fourth-order valence-corrected chi connectivity index (χ4v) is 5.40. The number of aromatic amines is 1. The first-order valence-electron chi connectivity index (χ1n) is 12.6. The molecule has 5 rings (SSSR count). The van der Waals surface area contributed by atoms with Crippen LogP contribution in [0.2, 0.25) is 0 Å². The van der Waals surface area contributed by atoms with Gasteiger partial charge in [-0.2, -0.15) is 0 Å². The minimum absolute atomic E-state index is 0.0658. The summed E-state index contributed by atoms with van der Waals surface area (Å²) in [6.07, 6.45) is 5.76. The quantitative estimate of drug-likeness (QED) is 0.495. The van der Waals surface area contributed by atoms with Gasteiger partial charge in [-0.25, -0.2) is 14.6 Å². The summed E-state index contributed by atoms with van der Waals surface area (Å²) in [4.78, 5) is 36.9. The van der Waals surface area contributed by atoms with E-state index in [9.17, 15) is 9.59 Å². The monoisotopic (exact) mass is 490 g/mol. The Hall–Kier alpha value is -3.55. The highest BCUT2D eigenvalue weighted by Crippen LogP contribution is 2.40. The van der Waals surface area contributed by atoms with Gasteiger partial charge in [0.25, 0.3) is 0 Å². The maximum Gasteiger partial charge on any atom is 0.410 e. The average Bonchev–Trinajstić information content (AvgIpc) is 3.48. The number of benzene rings is 1. The normalized spacial score (nSPS) is 17.9. The van der Waals surface area contributed by atoms with Gasteiger partial charge in [0.2, 0.25) is 0 Å². The van der Waals surface area contributed by atoms with Crippen molar-refractivity contribution in [1.82, 2.24) is 19.8 Å². The molecule has 0 spiro atoms. The van der Waals surface area contributed by atoms with Crippen LogP contribution in [0.15, 0.2) is 30.6 Å². The van der Waals surface area contributed by atoms with Crippen LogP contribution in [0.4, 0.5) is 9.59 Å². The highest BCUT2D eigenvalue weighted by molar-refractivity contribution is 5.85. The number of pyridine rings is 1. The summed E-state index contributed by atoms with van der Waals surface area (Å²) in [6.45, 7) is 9.48. The molecular weight excluding hydrogens is 456 g/mol. The van der Waals surface area contributed by atoms with Crippen LogP contribution in [0.25, 0.3) is 22.2 Å². The molecule has 1 fully saturated rings. The van der Waals surface area contributed by atoms with Crippen LogP contribution in [0.5, 0.6) is 0 Å². The predicted octanol–water partition coefficient (Wildman–Crippen LogP) is 5.73. The summed E-state index contributed by atoms with van der Waals surface area (Å²) in [5, 5.41) is 1.08. The van der Waals surface area contributed by atoms with E-state index in [2.05, 4.69) is 35.1 Å². The first kappa shape index (κ1) is 24.2. The molecule has 0 saturated carbocycles. The third-order valence-electron chi connectivity index (χ3n) is 7.11. The fraction of sp³-hybridized carbons (Fsp3) is 0.464. The molecular formula is C28H34N4O4. The summed E-state index contributed by atoms with van der Waals surface area (Å²) >= 11 is 0. The molecule has 8 heteroatoms. The largest absolute Gasteiger partial charge is 0.453 e. The molecule has 0 aliphatic carbocycles. The summed E-state index contributed by atoms with van der Waals surface area (Å²) in [7, 11) is 1.41. The van der Waals surface area contributed by atoms with Crippen LogP contribution < -0.4 is 0 Å². The average molecular weight is 491 g/mol. The minimum atomic E-state index is -0.554. The highest BCUT2D eigenvalue weighted by Gasteiger charge is 2.36. The Morgan fingerprint density at radius 1 is 1.11 bits per heavy atom. The zero-order chi connectivity index (χ0) is 25.6. The van der Waals surface area contributed by atoms with E-state index in [1.807, 2.05) is 38.1 Å². The van der Waals surface area contributed by atoms with Crippen molar-refractivity contribution >= 4 is 23.2 Å². The van der Waals surface area contributed by atoms with Crippen LogP contribution in [-0.2, 0) is 22.4 Å². The molecule has 2 aliphatic rings. The van der Waals surface area contributed by atoms with Crippen molar-refractivity contribution in [2.75, 3.05) is 20.2 Å². The second kappa shape index (κ2) is 9.15. The number of ether oxygens (including phenoxy) is 2. The number of amides is 2. The standard InChI is InChI=1S/C28H34N4O4/c1-17-14-29-25-22(17)13-19(15-30-25)18-11-20-16-31(26(33)35-5)10-8-21(20)23(12-18)24-7-6-9-32(24)27(34)36-28(2,3)4/h11-15,24H,6-10,16H2,1-5H3,(H,29,30). The number of likely N-dealkylation sites (tertiary alicyclic amines) is 1. The lowest BCUT2D eigenvalue weighted by Crippen LogP contribution is -2.38. The third kappa shape index (κ3) is 4.52. The number of methoxy groups -OCH3 is 1. The highest BCUT2D eigenvalue weighted by atomic mass is 16.6. The molecule has 2 amide bonds. The summed E-state index contributed by atoms with van der Waals surface area (Å²) in [5.41, 5.74) is 6.92. The van der Waals surface area contributed by atoms with Gasteiger partial charge in [0.05, 0.1) is 13.2 Å². The number of rotatable bonds is 2. The molecule has 8 nitrogen and oxygen atoms in total. The smallest absolute Gasteiger partial charge is 0.410 e. The number of H-pyrrole nitrogens is 1. The van der Waals surface area contributed by atoms with Gasteiger partial charge in [0, 0.05) is 43.0 Å². The Kier molecular flexibility index (Phi) is 6.14. The predicted molar refractivity (Wildman–Crippen MR) is 138 cm³/mol. The molecule has 0 radical (unpaired) electrons. The number of aromatic nitrogens is 2. The molecule has 2 aliphatic heterocycles. The fourth-order valence-electron chi connectivity index (χ4n) is 5.40. The van der Waals surface area contributed by atoms with Crippen LogP contribution in [-0.4, -0.2) is 57.8 Å². The van der Waals surface area contributed by atoms with E-state index in [-0.39, 0.29) is 18.2 Å². The van der Waals surface area contributed by atoms with Crippen molar-refractivity contribution in [1.29, 1.82) is 0 Å². The zero-order valence-corrected chi connectivity index (χ0v) is 21.7. The van der Waals surface area contributed by atoms with Crippen molar-refractivity contribution in [2.45, 2.75) is 65.1 Å². The lowest BCUT2D eigenvalue weighted by molar-refractivity contribution is 0.0223. The van der Waals surface area contributed by atoms with Crippen molar-refractivity contribution in [2.24, 2.45) is 0 Å². The van der Waals surface area contributed by atoms with Crippen molar-refractivity contribution in [3.8, 4) is 11.1 Å². The van der Waals surface area contributed by atoms with E-state index in [0.717, 1.165) is 51.7 Å². The van der Waals surface area contributed by atoms with Gasteiger partial charge in [0.15, 0.2) is 0 Å². The van der Waals surface area contributed by atoms with Crippen LogP contribution in [0.3, 0.4) is 0 Å². The SMILES string of the molecule is COC(=O)N1CCc2c(cc(-c3cnc4[nH]cc(C)c4c3)cc2C2CCCN2C(=O)OC(C)(C)C)C1. The van der Waals surface area contributed by atoms with Crippen molar-refractivity contribution in [3.05, 3.63) is 52.8 Å². The number of carbonyl (C=O) groups is 2. The van der Waals surface area contributed by atoms with Gasteiger partial charge >= 0.3 is 12.2 Å². The summed E-state index contributed by atoms with van der Waals surface area (Å²) < 4.78 is 10.8. The number of nitrogens with zero attached hydrogens (tertiary/aromatic N) is 3. The lowest BCUT2D eigenvalue weighted by Gasteiger charge is -2.34. The molecule has 190 valence electrons. The molecule has 4 heterocycles. The van der Waals surface area contributed by atoms with E-state index in [4.69, 9.17) is 9.47 Å². The Morgan fingerprint density at radius 2 is 1.92 bits per heavy atom. The Labute approximate surface area is 211 Å². The number of aryl methyl sites for hydroxylation is 1. The van der Waals surface area contributed by atoms with E-state index in [1.54, 1.807) is 4.90 Å². The van der Waals surface area contributed by atoms with E-state index >= 15 is 0 Å². The molecule has 1 atom stereocenters. The molecule has 3 aromatic rings. The zero-order valence-electron chi connectivity index (χ0n) is 21.7. The van der Waals surface area contributed by atoms with Crippen molar-refractivity contribution < 1.29 is 19.1 Å². The number of hydrogen-bond donors (Lipinski definition) is 1. The second-order valence-corrected chi connectivity index (χ2v) is 10.8. The Balaban J connectivity index is 1.60. The maximum atomic E-state index is 13.1. The second-order valence-electron chi connectivity index (χ2n) is 10.8. The van der Waals surface area contributed by atoms with Gasteiger partial charge in [0.1, 0.15) is 11.2 Å². The van der Waals surface area contributed by atoms with Gasteiger partial charge < -0.3 is 24.3 Å². The first-order chi connectivity index (χ1) is 17.1. The van der Waals surface area contributed by atoms with Crippen LogP contribution in [0.1, 0.15) is 61.9 Å². The molecule has 1 saturated heterocycles. The van der Waals surface area contributed by atoms with Gasteiger partial charge in [-0.15, -0.1) is 0 Å². The molecule has 1 unspecified atom stereocenters. The minimum Gasteiger partial charge on any atom is -0.453 e. The molecule has 2 aromatic heterocycles. The topological polar surface area (TPSA) is 87.8 Å². The van der Waals surface area contributed by atoms with Crippen molar-refractivity contribution in [3.63, 3.8) is 0 Å². The third-order valence-corrected chi connectivity index (χ3v) is 7.11. The van der Waals surface area contributed by atoms with Gasteiger partial charge in [-0.3, -0.25) is 0 Å². The summed E-state index contributed by atoms with van der Waals surface area (Å²) in [5.74, 6) is 0. The Bertz CT molecular complexity index is 1320. The van der Waals surface area contributed by atoms with E-state index in [1.165, 1.54) is 12.7 Å². The van der Waals surface area contributed by atoms with Crippen LogP contribution in [0, 0.1) is 6.92 Å². The van der Waals surface area contributed by atoms with Gasteiger partial charge in [-0.1, -0.05) is 0 Å². The molecule has 36 heavy (non-hydrogen) atoms. The molecule has 1 N–H and O–H groups in total. The van der Waals surface area contributed by atoms with E-state index < -0.39 is 5.60 Å². The van der Waals surface area contributed by atoms with Gasteiger partial charge in [-0.05, 0) is 93.0 Å². The van der Waals surface area contributed by atoms with Crippen LogP contribution >= 0.6 is 0 Å². The first-order valence-corrected chi connectivity index (χ1v) is 12.6.